The number of hydrogen-bond acceptors (Lipinski definition) is 3. The highest BCUT2D eigenvalue weighted by Gasteiger charge is 2.15. The minimum atomic E-state index is -0.0182. The molecule has 2 heterocycles. The molecule has 0 fully saturated rings. The Morgan fingerprint density at radius 1 is 1.53 bits per heavy atom. The summed E-state index contributed by atoms with van der Waals surface area (Å²) in [5.74, 6) is 0.0144. The molecule has 17 heavy (non-hydrogen) atoms. The predicted molar refractivity (Wildman–Crippen MR) is 70.2 cm³/mol. The quantitative estimate of drug-likeness (QED) is 0.631. The van der Waals surface area contributed by atoms with Crippen molar-refractivity contribution in [2.24, 2.45) is 0 Å². The van der Waals surface area contributed by atoms with Gasteiger partial charge in [0.2, 0.25) is 0 Å². The summed E-state index contributed by atoms with van der Waals surface area (Å²) in [5, 5.41) is 0. The molecule has 2 rings (SSSR count). The zero-order chi connectivity index (χ0) is 12.4. The number of carbonyl (C=O) groups is 1. The Balaban J connectivity index is 2.35. The topological polar surface area (TPSA) is 34.9 Å². The first-order valence-electron chi connectivity index (χ1n) is 5.26. The maximum Gasteiger partial charge on any atom is 0.179 e. The monoisotopic (exact) mass is 268 g/mol. The summed E-state index contributed by atoms with van der Waals surface area (Å²) in [6, 6.07) is 1.90. The van der Waals surface area contributed by atoms with Crippen LogP contribution in [0.5, 0.6) is 0 Å². The highest BCUT2D eigenvalue weighted by Crippen LogP contribution is 2.19. The molecule has 0 aliphatic rings. The summed E-state index contributed by atoms with van der Waals surface area (Å²) in [7, 11) is 0. The fourth-order valence-electron chi connectivity index (χ4n) is 1.87. The second-order valence-corrected chi connectivity index (χ2v) is 5.13. The molecule has 0 saturated heterocycles. The maximum absolute atomic E-state index is 11.6. The highest BCUT2D eigenvalue weighted by molar-refractivity contribution is 7.09. The Morgan fingerprint density at radius 3 is 2.88 bits per heavy atom. The first kappa shape index (κ1) is 12.3. The van der Waals surface area contributed by atoms with Crippen molar-refractivity contribution in [3.63, 3.8) is 0 Å². The molecule has 0 aliphatic carbocycles. The molecule has 0 spiro atoms. The summed E-state index contributed by atoms with van der Waals surface area (Å²) in [4.78, 5) is 16.9. The van der Waals surface area contributed by atoms with Crippen LogP contribution in [-0.4, -0.2) is 21.2 Å². The summed E-state index contributed by atoms with van der Waals surface area (Å²) >= 11 is 7.21. The first-order chi connectivity index (χ1) is 8.13. The van der Waals surface area contributed by atoms with Crippen LogP contribution in [0.25, 0.3) is 0 Å². The molecule has 90 valence electrons. The lowest BCUT2D eigenvalue weighted by atomic mass is 10.2. The molecule has 0 aromatic carbocycles. The lowest BCUT2D eigenvalue weighted by molar-refractivity contribution is 0.102. The van der Waals surface area contributed by atoms with Gasteiger partial charge in [-0.25, -0.2) is 0 Å². The summed E-state index contributed by atoms with van der Waals surface area (Å²) in [5.41, 5.74) is 4.59. The van der Waals surface area contributed by atoms with Gasteiger partial charge >= 0.3 is 0 Å². The minimum Gasteiger partial charge on any atom is -0.343 e. The Kier molecular flexibility index (Phi) is 3.64. The maximum atomic E-state index is 11.6. The van der Waals surface area contributed by atoms with Gasteiger partial charge in [0.25, 0.3) is 0 Å². The van der Waals surface area contributed by atoms with Crippen LogP contribution in [0.4, 0.5) is 0 Å². The van der Waals surface area contributed by atoms with Crippen LogP contribution < -0.4 is 0 Å². The van der Waals surface area contributed by atoms with Gasteiger partial charge < -0.3 is 4.57 Å². The van der Waals surface area contributed by atoms with E-state index in [-0.39, 0.29) is 11.7 Å². The summed E-state index contributed by atoms with van der Waals surface area (Å²) < 4.78 is 2.12. The lowest BCUT2D eigenvalue weighted by Gasteiger charge is -2.07. The molecule has 0 radical (unpaired) electrons. The van der Waals surface area contributed by atoms with Crippen molar-refractivity contribution in [1.82, 2.24) is 9.55 Å². The molecule has 0 bridgehead atoms. The lowest BCUT2D eigenvalue weighted by Crippen LogP contribution is -2.06. The molecular weight excluding hydrogens is 256 g/mol. The fraction of sp³-hybridized carbons (Fsp3) is 0.333. The van der Waals surface area contributed by atoms with Crippen molar-refractivity contribution in [3.05, 3.63) is 39.6 Å². The fourth-order valence-corrected chi connectivity index (χ4v) is 2.60. The predicted octanol–water partition coefficient (Wildman–Crippen LogP) is 3.03. The number of ketones is 1. The number of hydrogen-bond donors (Lipinski definition) is 0. The number of carbonyl (C=O) groups excluding carboxylic acids is 1. The van der Waals surface area contributed by atoms with Gasteiger partial charge in [-0.05, 0) is 19.9 Å². The van der Waals surface area contributed by atoms with Crippen molar-refractivity contribution in [2.75, 3.05) is 5.88 Å². The zero-order valence-electron chi connectivity index (χ0n) is 9.74. The number of thiazole rings is 1. The minimum absolute atomic E-state index is 0.0182. The normalized spacial score (nSPS) is 10.8. The van der Waals surface area contributed by atoms with Crippen molar-refractivity contribution in [3.8, 4) is 0 Å². The third-order valence-electron chi connectivity index (χ3n) is 2.79. The first-order valence-corrected chi connectivity index (χ1v) is 6.68. The van der Waals surface area contributed by atoms with E-state index in [0.29, 0.717) is 0 Å². The van der Waals surface area contributed by atoms with E-state index in [1.165, 1.54) is 4.88 Å². The van der Waals surface area contributed by atoms with Crippen LogP contribution in [0, 0.1) is 13.8 Å². The second kappa shape index (κ2) is 5.02. The zero-order valence-corrected chi connectivity index (χ0v) is 11.3. The Morgan fingerprint density at radius 2 is 2.29 bits per heavy atom. The van der Waals surface area contributed by atoms with Gasteiger partial charge in [0.05, 0.1) is 17.9 Å². The Hall–Kier alpha value is -1.13. The van der Waals surface area contributed by atoms with E-state index in [1.807, 2.05) is 31.6 Å². The Bertz CT molecular complexity index is 531. The molecule has 5 heteroatoms. The van der Waals surface area contributed by atoms with Gasteiger partial charge in [-0.3, -0.25) is 9.78 Å². The van der Waals surface area contributed by atoms with Gasteiger partial charge in [0.1, 0.15) is 0 Å². The molecule has 2 aromatic heterocycles. The number of nitrogens with zero attached hydrogens (tertiary/aromatic N) is 2. The van der Waals surface area contributed by atoms with Crippen molar-refractivity contribution in [2.45, 2.75) is 20.4 Å². The largest absolute Gasteiger partial charge is 0.343 e. The number of aromatic nitrogens is 2. The van der Waals surface area contributed by atoms with Crippen molar-refractivity contribution in [1.29, 1.82) is 0 Å². The second-order valence-electron chi connectivity index (χ2n) is 3.90. The highest BCUT2D eigenvalue weighted by atomic mass is 35.5. The van der Waals surface area contributed by atoms with E-state index < -0.39 is 0 Å². The van der Waals surface area contributed by atoms with E-state index >= 15 is 0 Å². The van der Waals surface area contributed by atoms with Crippen molar-refractivity contribution >= 4 is 28.7 Å². The van der Waals surface area contributed by atoms with Gasteiger partial charge in [0, 0.05) is 28.0 Å². The molecule has 0 unspecified atom stereocenters. The number of alkyl halides is 1. The van der Waals surface area contributed by atoms with Gasteiger partial charge in [-0.2, -0.15) is 0 Å². The number of aryl methyl sites for hydroxylation is 1. The van der Waals surface area contributed by atoms with Crippen molar-refractivity contribution < 1.29 is 4.79 Å². The average molecular weight is 269 g/mol. The van der Waals surface area contributed by atoms with Crippen LogP contribution in [0.1, 0.15) is 26.6 Å². The van der Waals surface area contributed by atoms with Crippen LogP contribution in [0.15, 0.2) is 17.8 Å². The van der Waals surface area contributed by atoms with Crippen LogP contribution >= 0.6 is 22.9 Å². The van der Waals surface area contributed by atoms with E-state index in [2.05, 4.69) is 9.55 Å². The molecule has 0 amide bonds. The van der Waals surface area contributed by atoms with Gasteiger partial charge in [-0.15, -0.1) is 22.9 Å². The van der Waals surface area contributed by atoms with Crippen LogP contribution in [0.2, 0.25) is 0 Å². The van der Waals surface area contributed by atoms with E-state index in [4.69, 9.17) is 11.6 Å². The third kappa shape index (κ3) is 2.42. The summed E-state index contributed by atoms with van der Waals surface area (Å²) in [6.07, 6.45) is 1.85. The molecular formula is C12H13ClN2OS. The standard InChI is InChI=1S/C12H13ClN2OS/c1-8-3-11(12(16)4-13)9(2)15(8)6-10-5-14-7-17-10/h3,5,7H,4,6H2,1-2H3. The van der Waals surface area contributed by atoms with Crippen LogP contribution in [-0.2, 0) is 6.54 Å². The molecule has 2 aromatic rings. The number of Topliss-reactive ketones (excluding diaryl/α,β-unsaturated/α-hetero) is 1. The average Bonchev–Trinajstić information content (AvgIpc) is 2.91. The van der Waals surface area contributed by atoms with Crippen LogP contribution in [0.3, 0.4) is 0 Å². The number of halogens is 1. The molecule has 0 atom stereocenters. The van der Waals surface area contributed by atoms with E-state index in [9.17, 15) is 4.79 Å². The Labute approximate surface area is 109 Å². The SMILES string of the molecule is Cc1cc(C(=O)CCl)c(C)n1Cc1cncs1. The smallest absolute Gasteiger partial charge is 0.179 e. The van der Waals surface area contributed by atoms with E-state index in [0.717, 1.165) is 23.5 Å². The molecule has 0 aliphatic heterocycles. The molecule has 3 nitrogen and oxygen atoms in total. The third-order valence-corrected chi connectivity index (χ3v) is 3.80. The van der Waals surface area contributed by atoms with Gasteiger partial charge in [0.15, 0.2) is 5.78 Å². The molecule has 0 N–H and O–H groups in total. The van der Waals surface area contributed by atoms with Gasteiger partial charge in [-0.1, -0.05) is 0 Å². The number of rotatable bonds is 4. The molecule has 0 saturated carbocycles. The van der Waals surface area contributed by atoms with E-state index in [1.54, 1.807) is 11.3 Å². The summed E-state index contributed by atoms with van der Waals surface area (Å²) in [6.45, 7) is 4.71.